The molecule has 6 unspecified atom stereocenters. The molecule has 0 aromatic heterocycles. The molecule has 13 heteroatoms. The highest BCUT2D eigenvalue weighted by molar-refractivity contribution is 7.80. The zero-order chi connectivity index (χ0) is 47.5. The summed E-state index contributed by atoms with van der Waals surface area (Å²) in [6, 6.07) is 0. The lowest BCUT2D eigenvalue weighted by atomic mass is 9.99. The van der Waals surface area contributed by atoms with Gasteiger partial charge in [-0.3, -0.25) is 9.35 Å². The predicted octanol–water partition coefficient (Wildman–Crippen LogP) is 12.4. The number of aliphatic hydroxyl groups excluding tert-OH is 3. The van der Waals surface area contributed by atoms with Crippen molar-refractivity contribution in [3.05, 3.63) is 24.3 Å². The largest absolute Gasteiger partial charge is 0.457 e. The van der Waals surface area contributed by atoms with Gasteiger partial charge < -0.3 is 34.3 Å². The molecule has 65 heavy (non-hydrogen) atoms. The second-order valence-corrected chi connectivity index (χ2v) is 19.5. The number of hydrogen-bond acceptors (Lipinski definition) is 11. The van der Waals surface area contributed by atoms with E-state index in [0.29, 0.717) is 13.0 Å². The third-order valence-electron chi connectivity index (χ3n) is 12.3. The summed E-state index contributed by atoms with van der Waals surface area (Å²) in [4.78, 5) is 12.9. The SMILES string of the molecule is CCCCCCCCC/C=C\CCCCCCCCOCC(COC1OC(CO)C(O)C(OS(=O)(=O)O)C1O)OC(=O)CCCCCCCCCCC/C=C\CCCCCCCCCC. The van der Waals surface area contributed by atoms with Gasteiger partial charge in [-0.05, 0) is 64.2 Å². The van der Waals surface area contributed by atoms with Crippen LogP contribution in [0.2, 0.25) is 0 Å². The number of ether oxygens (including phenoxy) is 4. The number of rotatable bonds is 47. The van der Waals surface area contributed by atoms with Crippen molar-refractivity contribution in [3.63, 3.8) is 0 Å². The number of allylic oxidation sites excluding steroid dienone is 4. The number of carbonyl (C=O) groups is 1. The van der Waals surface area contributed by atoms with Gasteiger partial charge in [0.05, 0.1) is 19.8 Å². The van der Waals surface area contributed by atoms with Crippen molar-refractivity contribution in [2.24, 2.45) is 0 Å². The summed E-state index contributed by atoms with van der Waals surface area (Å²) in [6.45, 7) is 4.01. The van der Waals surface area contributed by atoms with Crippen LogP contribution in [0.15, 0.2) is 24.3 Å². The molecule has 0 spiro atoms. The van der Waals surface area contributed by atoms with Gasteiger partial charge in [0, 0.05) is 13.0 Å². The van der Waals surface area contributed by atoms with Crippen molar-refractivity contribution in [2.75, 3.05) is 26.4 Å². The Labute approximate surface area is 397 Å². The van der Waals surface area contributed by atoms with E-state index in [1.165, 1.54) is 167 Å². The van der Waals surface area contributed by atoms with E-state index in [1.54, 1.807) is 0 Å². The van der Waals surface area contributed by atoms with Crippen molar-refractivity contribution in [1.29, 1.82) is 0 Å². The Hall–Kier alpha value is -1.42. The van der Waals surface area contributed by atoms with Gasteiger partial charge in [0.25, 0.3) is 0 Å². The van der Waals surface area contributed by atoms with E-state index in [-0.39, 0.29) is 19.6 Å². The van der Waals surface area contributed by atoms with E-state index in [2.05, 4.69) is 42.3 Å². The van der Waals surface area contributed by atoms with E-state index >= 15 is 0 Å². The first kappa shape index (κ1) is 61.6. The minimum atomic E-state index is -5.06. The fraction of sp³-hybridized carbons (Fsp3) is 0.904. The maximum absolute atomic E-state index is 12.9. The van der Waals surface area contributed by atoms with Crippen molar-refractivity contribution < 1.29 is 56.2 Å². The van der Waals surface area contributed by atoms with Crippen molar-refractivity contribution in [2.45, 2.75) is 275 Å². The molecule has 0 aromatic rings. The van der Waals surface area contributed by atoms with E-state index in [0.717, 1.165) is 44.9 Å². The lowest BCUT2D eigenvalue weighted by Crippen LogP contribution is -2.60. The molecule has 12 nitrogen and oxygen atoms in total. The molecule has 0 saturated carbocycles. The Balaban J connectivity index is 2.34. The van der Waals surface area contributed by atoms with Gasteiger partial charge in [0.1, 0.15) is 30.5 Å². The van der Waals surface area contributed by atoms with Crippen LogP contribution < -0.4 is 0 Å². The lowest BCUT2D eigenvalue weighted by molar-refractivity contribution is -0.301. The molecule has 0 amide bonds. The van der Waals surface area contributed by atoms with E-state index < -0.39 is 59.8 Å². The van der Waals surface area contributed by atoms with Crippen LogP contribution in [0.3, 0.4) is 0 Å². The molecule has 0 aromatic carbocycles. The molecule has 1 saturated heterocycles. The van der Waals surface area contributed by atoms with Crippen LogP contribution in [0.4, 0.5) is 0 Å². The molecular weight excluding hydrogens is 849 g/mol. The first-order valence-corrected chi connectivity index (χ1v) is 28.0. The molecule has 0 bridgehead atoms. The zero-order valence-corrected chi connectivity index (χ0v) is 42.1. The third kappa shape index (κ3) is 37.2. The average Bonchev–Trinajstić information content (AvgIpc) is 3.28. The molecular formula is C52H98O12S. The summed E-state index contributed by atoms with van der Waals surface area (Å²) in [7, 11) is -5.06. The lowest BCUT2D eigenvalue weighted by Gasteiger charge is -2.41. The van der Waals surface area contributed by atoms with Gasteiger partial charge in [0.2, 0.25) is 0 Å². The van der Waals surface area contributed by atoms with Crippen LogP contribution in [-0.2, 0) is 38.3 Å². The molecule has 6 atom stereocenters. The number of esters is 1. The van der Waals surface area contributed by atoms with E-state index in [9.17, 15) is 33.1 Å². The van der Waals surface area contributed by atoms with Gasteiger partial charge in [-0.25, -0.2) is 4.18 Å². The zero-order valence-electron chi connectivity index (χ0n) is 41.3. The highest BCUT2D eigenvalue weighted by Gasteiger charge is 2.48. The number of hydrogen-bond donors (Lipinski definition) is 4. The predicted molar refractivity (Wildman–Crippen MR) is 262 cm³/mol. The molecule has 4 N–H and O–H groups in total. The fourth-order valence-corrected chi connectivity index (χ4v) is 8.76. The Kier molecular flexibility index (Phi) is 41.5. The second kappa shape index (κ2) is 43.8. The van der Waals surface area contributed by atoms with Crippen LogP contribution >= 0.6 is 0 Å². The molecule has 1 heterocycles. The average molecular weight is 947 g/mol. The maximum atomic E-state index is 12.9. The molecule has 1 fully saturated rings. The molecule has 1 aliphatic rings. The first-order chi connectivity index (χ1) is 31.6. The van der Waals surface area contributed by atoms with Gasteiger partial charge in [0.15, 0.2) is 6.29 Å². The van der Waals surface area contributed by atoms with Gasteiger partial charge >= 0.3 is 16.4 Å². The van der Waals surface area contributed by atoms with E-state index in [1.807, 2.05) is 0 Å². The summed E-state index contributed by atoms with van der Waals surface area (Å²) in [5.74, 6) is -0.400. The molecule has 1 rings (SSSR count). The van der Waals surface area contributed by atoms with Crippen LogP contribution in [-0.4, -0.2) is 97.5 Å². The monoisotopic (exact) mass is 947 g/mol. The summed E-state index contributed by atoms with van der Waals surface area (Å²) in [6.07, 6.45) is 42.1. The van der Waals surface area contributed by atoms with Crippen LogP contribution in [0.5, 0.6) is 0 Å². The number of aliphatic hydroxyl groups is 3. The Bertz CT molecular complexity index is 1230. The first-order valence-electron chi connectivity index (χ1n) is 26.6. The third-order valence-corrected chi connectivity index (χ3v) is 12.8. The highest BCUT2D eigenvalue weighted by Crippen LogP contribution is 2.26. The van der Waals surface area contributed by atoms with Crippen LogP contribution in [0.1, 0.15) is 239 Å². The standard InChI is InChI=1S/C52H98O12S/c1-3-5-7-9-11-13-15-17-19-21-22-23-24-25-27-29-31-33-35-37-39-41-48(54)62-46(45-61-52-50(56)51(64-65(57,58)59)49(55)47(43-53)63-52)44-60-42-40-38-36-34-32-30-28-26-20-18-16-14-12-10-8-6-4-2/h20-22,26,46-47,49-53,55-56H,3-19,23-25,27-45H2,1-2H3,(H,57,58,59)/b22-21-,26-20-. The normalized spacial score (nSPS) is 19.8. The quantitative estimate of drug-likeness (QED) is 0.0197. The minimum absolute atomic E-state index is 0.0341. The topological polar surface area (TPSA) is 178 Å². The summed E-state index contributed by atoms with van der Waals surface area (Å²) < 4.78 is 59.3. The van der Waals surface area contributed by atoms with Crippen molar-refractivity contribution >= 4 is 16.4 Å². The van der Waals surface area contributed by atoms with E-state index in [4.69, 9.17) is 18.9 Å². The maximum Gasteiger partial charge on any atom is 0.397 e. The van der Waals surface area contributed by atoms with Crippen molar-refractivity contribution in [3.8, 4) is 0 Å². The fourth-order valence-electron chi connectivity index (χ4n) is 8.25. The second-order valence-electron chi connectivity index (χ2n) is 18.5. The molecule has 1 aliphatic heterocycles. The molecule has 384 valence electrons. The number of unbranched alkanes of at least 4 members (excludes halogenated alkanes) is 30. The Morgan fingerprint density at radius 1 is 0.569 bits per heavy atom. The van der Waals surface area contributed by atoms with Crippen molar-refractivity contribution in [1.82, 2.24) is 0 Å². The Morgan fingerprint density at radius 3 is 1.38 bits per heavy atom. The number of carbonyl (C=O) groups excluding carboxylic acids is 1. The Morgan fingerprint density at radius 2 is 0.969 bits per heavy atom. The summed E-state index contributed by atoms with van der Waals surface area (Å²) >= 11 is 0. The van der Waals surface area contributed by atoms with Gasteiger partial charge in [-0.2, -0.15) is 8.42 Å². The van der Waals surface area contributed by atoms with Crippen LogP contribution in [0, 0.1) is 0 Å². The highest BCUT2D eigenvalue weighted by atomic mass is 32.3. The van der Waals surface area contributed by atoms with Gasteiger partial charge in [-0.1, -0.05) is 192 Å². The smallest absolute Gasteiger partial charge is 0.397 e. The molecule has 0 radical (unpaired) electrons. The molecule has 0 aliphatic carbocycles. The summed E-state index contributed by atoms with van der Waals surface area (Å²) in [5, 5.41) is 30.8. The van der Waals surface area contributed by atoms with Gasteiger partial charge in [-0.15, -0.1) is 0 Å². The minimum Gasteiger partial charge on any atom is -0.457 e. The van der Waals surface area contributed by atoms with Crippen LogP contribution in [0.25, 0.3) is 0 Å². The summed E-state index contributed by atoms with van der Waals surface area (Å²) in [5.41, 5.74) is 0.